The van der Waals surface area contributed by atoms with Crippen LogP contribution in [-0.4, -0.2) is 51.0 Å². The van der Waals surface area contributed by atoms with Gasteiger partial charge in [0.15, 0.2) is 0 Å². The summed E-state index contributed by atoms with van der Waals surface area (Å²) in [5.74, 6) is -2.82. The molecule has 0 spiro atoms. The second-order valence-electron chi connectivity index (χ2n) is 8.79. The van der Waals surface area contributed by atoms with Crippen molar-refractivity contribution in [2.75, 3.05) is 0 Å². The summed E-state index contributed by atoms with van der Waals surface area (Å²) in [6, 6.07) is 4.89. The van der Waals surface area contributed by atoms with Gasteiger partial charge in [0.25, 0.3) is 5.69 Å². The van der Waals surface area contributed by atoms with Gasteiger partial charge in [0.2, 0.25) is 11.8 Å². The monoisotopic (exact) mass is 519 g/mol. The lowest BCUT2D eigenvalue weighted by Crippen LogP contribution is -2.66. The molecule has 0 aliphatic carbocycles. The average Bonchev–Trinajstić information content (AvgIpc) is 2.99. The standard InChI is InChI=1S/C23H25N3O9S/c1-12(35-22(31)34-11-14-5-7-15(8-6-14)26(32)33)16-18-23(3,4)19(36-10-9-24-13(2)27)17(21(29)30)25(18)20(16)28/h5-10,12,16,18H,11H2,1-4H3,(H,24,27)(H,29,30)/b10-9-. The van der Waals surface area contributed by atoms with Crippen LogP contribution in [0.2, 0.25) is 0 Å². The zero-order valence-electron chi connectivity index (χ0n) is 19.9. The molecular formula is C23H25N3O9S. The Morgan fingerprint density at radius 1 is 1.31 bits per heavy atom. The summed E-state index contributed by atoms with van der Waals surface area (Å²) in [4.78, 5) is 60.1. The topological polar surface area (TPSA) is 165 Å². The van der Waals surface area contributed by atoms with Crippen LogP contribution in [0.15, 0.2) is 46.5 Å². The number of carboxylic acid groups (broad SMARTS) is 1. The molecule has 1 aromatic carbocycles. The van der Waals surface area contributed by atoms with E-state index < -0.39 is 46.4 Å². The Labute approximate surface area is 210 Å². The van der Waals surface area contributed by atoms with E-state index >= 15 is 0 Å². The third kappa shape index (κ3) is 5.20. The maximum atomic E-state index is 13.0. The maximum absolute atomic E-state index is 13.0. The van der Waals surface area contributed by atoms with Crippen LogP contribution in [0.4, 0.5) is 10.5 Å². The van der Waals surface area contributed by atoms with Gasteiger partial charge in [0, 0.05) is 35.6 Å². The third-order valence-corrected chi connectivity index (χ3v) is 7.18. The van der Waals surface area contributed by atoms with Crippen molar-refractivity contribution in [2.24, 2.45) is 11.3 Å². The molecule has 0 saturated carbocycles. The smallest absolute Gasteiger partial charge is 0.477 e. The van der Waals surface area contributed by atoms with E-state index in [1.54, 1.807) is 13.8 Å². The number of carboxylic acids is 1. The van der Waals surface area contributed by atoms with Crippen molar-refractivity contribution in [3.8, 4) is 0 Å². The summed E-state index contributed by atoms with van der Waals surface area (Å²) in [5.41, 5.74) is -0.508. The quantitative estimate of drug-likeness (QED) is 0.214. The van der Waals surface area contributed by atoms with E-state index in [2.05, 4.69) is 5.32 Å². The molecular weight excluding hydrogens is 494 g/mol. The van der Waals surface area contributed by atoms with Gasteiger partial charge >= 0.3 is 12.1 Å². The lowest BCUT2D eigenvalue weighted by atomic mass is 9.71. The van der Waals surface area contributed by atoms with Gasteiger partial charge in [0.1, 0.15) is 18.4 Å². The van der Waals surface area contributed by atoms with E-state index in [0.29, 0.717) is 10.5 Å². The van der Waals surface area contributed by atoms with Crippen LogP contribution < -0.4 is 5.32 Å². The van der Waals surface area contributed by atoms with Crippen molar-refractivity contribution in [3.05, 3.63) is 62.2 Å². The molecule has 0 radical (unpaired) electrons. The van der Waals surface area contributed by atoms with Crippen molar-refractivity contribution in [3.63, 3.8) is 0 Å². The molecule has 3 atom stereocenters. The molecule has 3 unspecified atom stereocenters. The molecule has 0 aromatic heterocycles. The minimum atomic E-state index is -1.26. The molecule has 3 rings (SSSR count). The minimum absolute atomic E-state index is 0.0975. The number of aliphatic carboxylic acids is 1. The van der Waals surface area contributed by atoms with Crippen LogP contribution in [0.3, 0.4) is 0 Å². The number of hydrogen-bond donors (Lipinski definition) is 2. The number of fused-ring (bicyclic) bond motifs is 1. The van der Waals surface area contributed by atoms with Crippen LogP contribution in [0.5, 0.6) is 0 Å². The molecule has 192 valence electrons. The summed E-state index contributed by atoms with van der Waals surface area (Å²) in [5, 5.41) is 24.5. The Kier molecular flexibility index (Phi) is 7.72. The van der Waals surface area contributed by atoms with E-state index in [1.165, 1.54) is 54.6 Å². The summed E-state index contributed by atoms with van der Waals surface area (Å²) in [6.45, 7) is 6.28. The highest BCUT2D eigenvalue weighted by Gasteiger charge is 2.65. The number of amides is 2. The van der Waals surface area contributed by atoms with Gasteiger partial charge in [-0.1, -0.05) is 25.6 Å². The fourth-order valence-corrected chi connectivity index (χ4v) is 5.31. The number of nitro groups is 1. The summed E-state index contributed by atoms with van der Waals surface area (Å²) < 4.78 is 10.4. The molecule has 1 fully saturated rings. The van der Waals surface area contributed by atoms with Gasteiger partial charge in [0.05, 0.1) is 16.9 Å². The van der Waals surface area contributed by atoms with Crippen molar-refractivity contribution in [2.45, 2.75) is 46.4 Å². The number of carbonyl (C=O) groups is 4. The molecule has 2 aliphatic heterocycles. The summed E-state index contributed by atoms with van der Waals surface area (Å²) >= 11 is 1.09. The molecule has 0 bridgehead atoms. The molecule has 1 aromatic rings. The van der Waals surface area contributed by atoms with Crippen LogP contribution in [0.25, 0.3) is 0 Å². The van der Waals surface area contributed by atoms with Gasteiger partial charge in [-0.15, -0.1) is 0 Å². The van der Waals surface area contributed by atoms with Crippen molar-refractivity contribution < 1.29 is 38.7 Å². The second kappa shape index (κ2) is 10.4. The fraction of sp³-hybridized carbons (Fsp3) is 0.391. The largest absolute Gasteiger partial charge is 0.508 e. The predicted octanol–water partition coefficient (Wildman–Crippen LogP) is 3.14. The van der Waals surface area contributed by atoms with E-state index in [1.807, 2.05) is 0 Å². The highest BCUT2D eigenvalue weighted by atomic mass is 32.2. The number of β-lactam (4-membered cyclic amide) rings is 1. The first-order valence-corrected chi connectivity index (χ1v) is 11.7. The van der Waals surface area contributed by atoms with Crippen molar-refractivity contribution >= 4 is 41.4 Å². The van der Waals surface area contributed by atoms with Gasteiger partial charge in [-0.25, -0.2) is 9.59 Å². The number of thioether (sulfide) groups is 1. The molecule has 36 heavy (non-hydrogen) atoms. The fourth-order valence-electron chi connectivity index (χ4n) is 4.32. The van der Waals surface area contributed by atoms with E-state index in [4.69, 9.17) is 9.47 Å². The second-order valence-corrected chi connectivity index (χ2v) is 9.71. The first kappa shape index (κ1) is 26.7. The molecule has 2 N–H and O–H groups in total. The van der Waals surface area contributed by atoms with Crippen LogP contribution in [0.1, 0.15) is 33.3 Å². The van der Waals surface area contributed by atoms with E-state index in [0.717, 1.165) is 11.8 Å². The normalized spacial score (nSPS) is 21.0. The number of carbonyl (C=O) groups excluding carboxylic acids is 3. The molecule has 2 aliphatic rings. The first-order chi connectivity index (χ1) is 16.9. The highest BCUT2D eigenvalue weighted by Crippen LogP contribution is 2.57. The average molecular weight is 520 g/mol. The Bertz CT molecular complexity index is 1160. The van der Waals surface area contributed by atoms with Crippen LogP contribution in [0, 0.1) is 21.4 Å². The minimum Gasteiger partial charge on any atom is -0.477 e. The van der Waals surface area contributed by atoms with Gasteiger partial charge in [-0.3, -0.25) is 19.7 Å². The Morgan fingerprint density at radius 2 is 1.94 bits per heavy atom. The number of nitrogens with zero attached hydrogens (tertiary/aromatic N) is 2. The van der Waals surface area contributed by atoms with E-state index in [9.17, 15) is 34.4 Å². The molecule has 13 heteroatoms. The SMILES string of the molecule is CC(=O)N/C=C\SC1=C(C(=O)O)N2C(=O)C(C(C)OC(=O)OCc3ccc([N+](=O)[O-])cc3)C2C1(C)C. The van der Waals surface area contributed by atoms with Crippen molar-refractivity contribution in [1.29, 1.82) is 0 Å². The number of nitrogens with one attached hydrogen (secondary N) is 1. The van der Waals surface area contributed by atoms with Crippen LogP contribution >= 0.6 is 11.8 Å². The number of nitro benzene ring substituents is 1. The van der Waals surface area contributed by atoms with Crippen LogP contribution in [-0.2, 0) is 30.5 Å². The van der Waals surface area contributed by atoms with E-state index in [-0.39, 0.29) is 23.9 Å². The molecule has 12 nitrogen and oxygen atoms in total. The first-order valence-electron chi connectivity index (χ1n) is 10.8. The Hall–Kier alpha value is -3.87. The maximum Gasteiger partial charge on any atom is 0.508 e. The number of rotatable bonds is 9. The summed E-state index contributed by atoms with van der Waals surface area (Å²) in [6.07, 6.45) is -0.546. The van der Waals surface area contributed by atoms with Gasteiger partial charge in [-0.05, 0) is 30.0 Å². The predicted molar refractivity (Wildman–Crippen MR) is 127 cm³/mol. The zero-order valence-corrected chi connectivity index (χ0v) is 20.7. The number of ether oxygens (including phenoxy) is 2. The van der Waals surface area contributed by atoms with Gasteiger partial charge in [-0.2, -0.15) is 0 Å². The molecule has 1 saturated heterocycles. The Balaban J connectivity index is 1.66. The highest BCUT2D eigenvalue weighted by molar-refractivity contribution is 8.05. The summed E-state index contributed by atoms with van der Waals surface area (Å²) in [7, 11) is 0. The Morgan fingerprint density at radius 3 is 2.50 bits per heavy atom. The van der Waals surface area contributed by atoms with Gasteiger partial charge < -0.3 is 24.8 Å². The number of non-ortho nitro benzene ring substituents is 1. The number of benzene rings is 1. The van der Waals surface area contributed by atoms with Crippen molar-refractivity contribution in [1.82, 2.24) is 10.2 Å². The zero-order chi connectivity index (χ0) is 26.8. The number of hydrogen-bond acceptors (Lipinski definition) is 9. The third-order valence-electron chi connectivity index (χ3n) is 5.96. The molecule has 2 amide bonds. The molecule has 2 heterocycles. The lowest BCUT2D eigenvalue weighted by Gasteiger charge is -2.50. The lowest BCUT2D eigenvalue weighted by molar-refractivity contribution is -0.384.